The lowest BCUT2D eigenvalue weighted by atomic mass is 10.0. The third-order valence-corrected chi connectivity index (χ3v) is 21.8. The van der Waals surface area contributed by atoms with E-state index in [1.165, 1.54) is 42.1 Å². The summed E-state index contributed by atoms with van der Waals surface area (Å²) in [6, 6.07) is 58.5. The molecule has 28 nitrogen and oxygen atoms in total. The van der Waals surface area contributed by atoms with Crippen molar-refractivity contribution in [3.05, 3.63) is 318 Å². The number of H-pyrrole nitrogens is 4. The standard InChI is InChI=1S/C28H26N4O4.C24H21N3O4.C24H27N3O4.C24H21N3O3S/c1-17(33)20-11-8-18(9-12-20)10-14-22-25-23(32-31-22)15-13-21(26(25)36-2)28(35)30-24(27(29)34)16-19-6-4-3-5-7-19;1-15(28)17-8-5-16(6-9-17)7-11-20-22-21(27-26-20)12-10-19(23(22)30-2)24(29)25-14-18-4-3-13-31-18;1-14(2)21(13-28)25-24(30)18-10-12-20-22(23(18)31-4)19(26-27-20)11-7-16-5-8-17(9-6-16)15(3)29;1-15(28)17-8-5-16(6-9-17)7-11-20-22-21(27-26-20)12-10-19(23(22)30-2)24(29)25-14-18-4-3-13-31-18/h3-15,24H,16H2,1-2H3,(H2,29,34)(H,30,35)(H,31,32);3-13H,14H2,1-2H3,(H,25,29)(H,26,27);5-12,14,21,28H,13H2,1-4H3,(H,25,30)(H,26,27);3-13H,14H2,1-2H3,(H,25,29)(H,26,27)/b14-10+;3*11-7+. The van der Waals surface area contributed by atoms with E-state index in [2.05, 4.69) is 62.1 Å². The van der Waals surface area contributed by atoms with Gasteiger partial charge in [0.1, 0.15) is 34.8 Å². The van der Waals surface area contributed by atoms with Gasteiger partial charge in [-0.05, 0) is 158 Å². The van der Waals surface area contributed by atoms with Gasteiger partial charge in [-0.3, -0.25) is 63.5 Å². The van der Waals surface area contributed by atoms with Crippen LogP contribution in [0, 0.1) is 5.92 Å². The van der Waals surface area contributed by atoms with E-state index in [-0.39, 0.29) is 78.0 Å². The quantitative estimate of drug-likeness (QED) is 0.0180. The van der Waals surface area contributed by atoms with Gasteiger partial charge in [0.2, 0.25) is 5.91 Å². The second kappa shape index (κ2) is 43.5. The number of ether oxygens (including phenoxy) is 4. The van der Waals surface area contributed by atoms with Crippen LogP contribution in [0.25, 0.3) is 92.2 Å². The lowest BCUT2D eigenvalue weighted by molar-refractivity contribution is -0.119. The number of hydrogen-bond acceptors (Lipinski definition) is 20. The van der Waals surface area contributed by atoms with E-state index in [1.807, 2.05) is 159 Å². The molecule has 15 rings (SSSR count). The van der Waals surface area contributed by atoms with Crippen molar-refractivity contribution in [2.75, 3.05) is 35.0 Å². The maximum Gasteiger partial charge on any atom is 0.255 e. The van der Waals surface area contributed by atoms with Crippen molar-refractivity contribution in [2.45, 2.75) is 73.1 Å². The summed E-state index contributed by atoms with van der Waals surface area (Å²) >= 11 is 1.59. The molecule has 5 amide bonds. The van der Waals surface area contributed by atoms with E-state index in [1.54, 1.807) is 141 Å². The molecule has 0 saturated carbocycles. The molecule has 9 aromatic carbocycles. The number of primary amides is 1. The number of nitrogens with one attached hydrogen (secondary N) is 8. The van der Waals surface area contributed by atoms with Crippen molar-refractivity contribution in [3.63, 3.8) is 0 Å². The largest absolute Gasteiger partial charge is 0.495 e. The van der Waals surface area contributed by atoms with Gasteiger partial charge in [-0.15, -0.1) is 11.3 Å². The van der Waals surface area contributed by atoms with Gasteiger partial charge in [0.05, 0.1) is 149 Å². The van der Waals surface area contributed by atoms with Crippen molar-refractivity contribution in [3.8, 4) is 23.0 Å². The number of aromatic nitrogens is 8. The van der Waals surface area contributed by atoms with Crippen LogP contribution >= 0.6 is 11.3 Å². The molecule has 0 saturated heterocycles. The minimum absolute atomic E-state index is 0.00276. The van der Waals surface area contributed by atoms with Gasteiger partial charge in [-0.2, -0.15) is 20.4 Å². The maximum absolute atomic E-state index is 13.2. The number of fused-ring (bicyclic) bond motifs is 4. The SMILES string of the molecule is COc1c(C(=O)NC(CO)C(C)C)ccc2n[nH]c(/C=C/c3ccc(C(C)=O)cc3)c12.COc1c(C(=O)NC(Cc2ccccc2)C(N)=O)ccc2n[nH]c(/C=C/c3ccc(C(C)=O)cc3)c12.COc1c(C(=O)NCc2ccco2)ccc2n[nH]c(/C=C/c3ccc(C(C)=O)cc3)c12.COc1c(C(=O)NCc2cccs2)ccc2n[nH]c(/C=C/c3ccc(C(C)=O)cc3)c12. The lowest BCUT2D eigenvalue weighted by Crippen LogP contribution is -2.45. The highest BCUT2D eigenvalue weighted by Gasteiger charge is 2.27. The summed E-state index contributed by atoms with van der Waals surface area (Å²) in [4.78, 5) is 111. The maximum atomic E-state index is 13.2. The second-order valence-corrected chi connectivity index (χ2v) is 30.9. The number of ketones is 4. The van der Waals surface area contributed by atoms with Gasteiger partial charge >= 0.3 is 0 Å². The predicted octanol–water partition coefficient (Wildman–Crippen LogP) is 16.9. The topological polar surface area (TPSA) is 413 Å². The van der Waals surface area contributed by atoms with Gasteiger partial charge < -0.3 is 55.5 Å². The second-order valence-electron chi connectivity index (χ2n) is 29.9. The molecule has 29 heteroatoms. The molecule has 656 valence electrons. The molecule has 15 aromatic rings. The van der Waals surface area contributed by atoms with Crippen molar-refractivity contribution in [2.24, 2.45) is 11.7 Å². The van der Waals surface area contributed by atoms with Crippen LogP contribution in [0.3, 0.4) is 0 Å². The molecule has 6 heterocycles. The van der Waals surface area contributed by atoms with Crippen LogP contribution < -0.4 is 45.9 Å². The van der Waals surface area contributed by atoms with E-state index in [4.69, 9.17) is 29.1 Å². The molecule has 0 aliphatic carbocycles. The van der Waals surface area contributed by atoms with Crippen molar-refractivity contribution < 1.29 is 71.6 Å². The normalized spacial score (nSPS) is 11.7. The Labute approximate surface area is 746 Å². The fourth-order valence-electron chi connectivity index (χ4n) is 13.8. The minimum atomic E-state index is -0.887. The van der Waals surface area contributed by atoms with E-state index in [0.29, 0.717) is 130 Å². The molecule has 2 atom stereocenters. The summed E-state index contributed by atoms with van der Waals surface area (Å²) in [6.45, 7) is 10.6. The number of hydrogen-bond donors (Lipinski definition) is 10. The number of carbonyl (C=O) groups excluding carboxylic acids is 9. The van der Waals surface area contributed by atoms with Crippen LogP contribution in [0.15, 0.2) is 216 Å². The molecule has 0 aliphatic rings. The Morgan fingerprint density at radius 3 is 1.05 bits per heavy atom. The third kappa shape index (κ3) is 23.1. The van der Waals surface area contributed by atoms with Gasteiger partial charge in [0.25, 0.3) is 23.6 Å². The number of aromatic amines is 4. The number of benzene rings is 9. The first kappa shape index (κ1) is 92.2. The van der Waals surface area contributed by atoms with Gasteiger partial charge in [-0.25, -0.2) is 0 Å². The minimum Gasteiger partial charge on any atom is -0.495 e. The Kier molecular flexibility index (Phi) is 31.1. The number of aliphatic hydroxyl groups excluding tert-OH is 1. The highest BCUT2D eigenvalue weighted by Crippen LogP contribution is 2.37. The van der Waals surface area contributed by atoms with Crippen LogP contribution in [0.5, 0.6) is 23.0 Å². The number of amides is 5. The molecule has 129 heavy (non-hydrogen) atoms. The van der Waals surface area contributed by atoms with E-state index >= 15 is 0 Å². The molecular weight excluding hydrogens is 1660 g/mol. The molecule has 6 aromatic heterocycles. The number of nitrogens with two attached hydrogens (primary N) is 1. The highest BCUT2D eigenvalue weighted by molar-refractivity contribution is 7.09. The summed E-state index contributed by atoms with van der Waals surface area (Å²) in [6.07, 6.45) is 16.8. The van der Waals surface area contributed by atoms with Crippen LogP contribution in [0.2, 0.25) is 0 Å². The summed E-state index contributed by atoms with van der Waals surface area (Å²) in [5.74, 6) is 0.579. The van der Waals surface area contributed by atoms with Crippen molar-refractivity contribution >= 4 is 156 Å². The van der Waals surface area contributed by atoms with Gasteiger partial charge in [0, 0.05) is 33.6 Å². The number of rotatable bonds is 31. The smallest absolute Gasteiger partial charge is 0.255 e. The zero-order valence-corrected chi connectivity index (χ0v) is 73.1. The van der Waals surface area contributed by atoms with E-state index in [9.17, 15) is 48.3 Å². The van der Waals surface area contributed by atoms with Crippen LogP contribution in [0.1, 0.15) is 186 Å². The molecule has 0 fully saturated rings. The molecule has 0 aliphatic heterocycles. The first-order valence-electron chi connectivity index (χ1n) is 40.9. The average molecular weight is 1750 g/mol. The van der Waals surface area contributed by atoms with Crippen LogP contribution in [-0.2, 0) is 24.3 Å². The Morgan fingerprint density at radius 1 is 0.411 bits per heavy atom. The molecule has 0 spiro atoms. The summed E-state index contributed by atoms with van der Waals surface area (Å²) in [7, 11) is 6.06. The van der Waals surface area contributed by atoms with Gasteiger partial charge in [0.15, 0.2) is 23.1 Å². The molecule has 0 radical (unpaired) electrons. The number of furan rings is 1. The number of Topliss-reactive ketones (excluding diaryl/α,β-unsaturated/α-hetero) is 4. The van der Waals surface area contributed by atoms with E-state index in [0.717, 1.165) is 43.8 Å². The zero-order valence-electron chi connectivity index (χ0n) is 72.3. The predicted molar refractivity (Wildman–Crippen MR) is 501 cm³/mol. The molecular formula is C100H95N13O15S. The number of aliphatic hydroxyl groups is 1. The summed E-state index contributed by atoms with van der Waals surface area (Å²) in [5, 5.41) is 54.9. The zero-order chi connectivity index (χ0) is 91.8. The van der Waals surface area contributed by atoms with Crippen molar-refractivity contribution in [1.82, 2.24) is 62.1 Å². The number of methoxy groups -OCH3 is 4. The van der Waals surface area contributed by atoms with Crippen LogP contribution in [0.4, 0.5) is 0 Å². The molecule has 11 N–H and O–H groups in total. The average Bonchev–Trinajstić information content (AvgIpc) is 1.68. The number of carbonyl (C=O) groups is 9. The Balaban J connectivity index is 0.000000156. The van der Waals surface area contributed by atoms with Crippen LogP contribution in [-0.4, -0.2) is 146 Å². The Bertz CT molecular complexity index is 6460. The fourth-order valence-corrected chi connectivity index (χ4v) is 14.5. The molecule has 2 unspecified atom stereocenters. The van der Waals surface area contributed by atoms with Crippen molar-refractivity contribution in [1.29, 1.82) is 0 Å². The van der Waals surface area contributed by atoms with E-state index < -0.39 is 17.9 Å². The third-order valence-electron chi connectivity index (χ3n) is 20.9. The Hall–Kier alpha value is -16.0. The van der Waals surface area contributed by atoms with Gasteiger partial charge in [-0.1, -0.05) is 172 Å². The monoisotopic (exact) mass is 1750 g/mol. The summed E-state index contributed by atoms with van der Waals surface area (Å²) in [5.41, 5.74) is 19.7. The molecule has 0 bridgehead atoms. The number of nitrogens with zero attached hydrogens (tertiary/aromatic N) is 4. The fraction of sp³-hybridized carbons (Fsp3) is 0.170. The first-order valence-corrected chi connectivity index (χ1v) is 41.8. The Morgan fingerprint density at radius 2 is 0.752 bits per heavy atom. The summed E-state index contributed by atoms with van der Waals surface area (Å²) < 4.78 is 27.7. The highest BCUT2D eigenvalue weighted by atomic mass is 32.1. The lowest BCUT2D eigenvalue weighted by Gasteiger charge is -2.20. The first-order chi connectivity index (χ1) is 62.3. The number of thiophene rings is 1.